The fourth-order valence-corrected chi connectivity index (χ4v) is 2.29. The molecule has 1 aliphatic heterocycles. The maximum absolute atomic E-state index is 9.19. The predicted octanol–water partition coefficient (Wildman–Crippen LogP) is 1.86. The molecule has 15 heavy (non-hydrogen) atoms. The van der Waals surface area contributed by atoms with Gasteiger partial charge in [-0.3, -0.25) is 0 Å². The van der Waals surface area contributed by atoms with Gasteiger partial charge >= 0.3 is 0 Å². The lowest BCUT2D eigenvalue weighted by molar-refractivity contribution is 0.280. The van der Waals surface area contributed by atoms with Crippen LogP contribution in [-0.2, 0) is 13.0 Å². The Bertz CT molecular complexity index is 305. The monoisotopic (exact) mass is 205 g/mol. The molecule has 0 amide bonds. The molecule has 0 spiro atoms. The molecule has 1 saturated heterocycles. The zero-order chi connectivity index (χ0) is 10.5. The minimum Gasteiger partial charge on any atom is -0.392 e. The standard InChI is InChI=1S/C13H19NO/c15-10-12-5-2-1-4-11(12)7-8-13-6-3-9-14-13/h1-2,4-5,13-15H,3,6-10H2. The lowest BCUT2D eigenvalue weighted by atomic mass is 10.00. The van der Waals surface area contributed by atoms with E-state index < -0.39 is 0 Å². The van der Waals surface area contributed by atoms with Crippen molar-refractivity contribution in [2.75, 3.05) is 6.54 Å². The lowest BCUT2D eigenvalue weighted by Crippen LogP contribution is -2.21. The van der Waals surface area contributed by atoms with Crippen molar-refractivity contribution in [2.24, 2.45) is 0 Å². The SMILES string of the molecule is OCc1ccccc1CCC1CCCN1. The number of aliphatic hydroxyl groups is 1. The van der Waals surface area contributed by atoms with E-state index in [1.165, 1.54) is 31.4 Å². The summed E-state index contributed by atoms with van der Waals surface area (Å²) in [7, 11) is 0. The number of hydrogen-bond acceptors (Lipinski definition) is 2. The molecule has 2 nitrogen and oxygen atoms in total. The van der Waals surface area contributed by atoms with Gasteiger partial charge in [-0.05, 0) is 43.4 Å². The highest BCUT2D eigenvalue weighted by molar-refractivity contribution is 5.26. The Morgan fingerprint density at radius 1 is 1.27 bits per heavy atom. The number of hydrogen-bond donors (Lipinski definition) is 2. The van der Waals surface area contributed by atoms with Crippen molar-refractivity contribution >= 4 is 0 Å². The Balaban J connectivity index is 1.91. The van der Waals surface area contributed by atoms with E-state index in [0.29, 0.717) is 6.04 Å². The smallest absolute Gasteiger partial charge is 0.0684 e. The van der Waals surface area contributed by atoms with Gasteiger partial charge in [-0.25, -0.2) is 0 Å². The zero-order valence-corrected chi connectivity index (χ0v) is 9.08. The summed E-state index contributed by atoms with van der Waals surface area (Å²) < 4.78 is 0. The molecule has 2 rings (SSSR count). The quantitative estimate of drug-likeness (QED) is 0.786. The van der Waals surface area contributed by atoms with E-state index in [1.807, 2.05) is 12.1 Å². The number of nitrogens with one attached hydrogen (secondary N) is 1. The highest BCUT2D eigenvalue weighted by atomic mass is 16.3. The van der Waals surface area contributed by atoms with Crippen molar-refractivity contribution in [3.05, 3.63) is 35.4 Å². The summed E-state index contributed by atoms with van der Waals surface area (Å²) in [4.78, 5) is 0. The number of aryl methyl sites for hydroxylation is 1. The van der Waals surface area contributed by atoms with Crippen molar-refractivity contribution in [1.29, 1.82) is 0 Å². The second kappa shape index (κ2) is 5.29. The Morgan fingerprint density at radius 3 is 2.73 bits per heavy atom. The molecule has 1 aromatic carbocycles. The maximum atomic E-state index is 9.19. The highest BCUT2D eigenvalue weighted by Crippen LogP contribution is 2.15. The number of rotatable bonds is 4. The first-order valence-electron chi connectivity index (χ1n) is 5.81. The first-order chi connectivity index (χ1) is 7.40. The molecule has 1 aliphatic rings. The Labute approximate surface area is 91.3 Å². The normalized spacial score (nSPS) is 20.7. The second-order valence-corrected chi connectivity index (χ2v) is 4.26. The van der Waals surface area contributed by atoms with Crippen molar-refractivity contribution in [1.82, 2.24) is 5.32 Å². The van der Waals surface area contributed by atoms with Gasteiger partial charge in [0.1, 0.15) is 0 Å². The Kier molecular flexibility index (Phi) is 3.75. The summed E-state index contributed by atoms with van der Waals surface area (Å²) in [5.41, 5.74) is 2.38. The van der Waals surface area contributed by atoms with Gasteiger partial charge in [-0.1, -0.05) is 24.3 Å². The summed E-state index contributed by atoms with van der Waals surface area (Å²) in [5.74, 6) is 0. The highest BCUT2D eigenvalue weighted by Gasteiger charge is 2.13. The summed E-state index contributed by atoms with van der Waals surface area (Å²) >= 11 is 0. The fourth-order valence-electron chi connectivity index (χ4n) is 2.29. The van der Waals surface area contributed by atoms with Gasteiger partial charge in [0.2, 0.25) is 0 Å². The molecule has 0 bridgehead atoms. The second-order valence-electron chi connectivity index (χ2n) is 4.26. The molecule has 0 radical (unpaired) electrons. The first kappa shape index (κ1) is 10.7. The van der Waals surface area contributed by atoms with E-state index in [1.54, 1.807) is 0 Å². The van der Waals surface area contributed by atoms with Crippen LogP contribution in [0, 0.1) is 0 Å². The van der Waals surface area contributed by atoms with Crippen LogP contribution in [0.3, 0.4) is 0 Å². The number of aliphatic hydroxyl groups excluding tert-OH is 1. The molecule has 0 saturated carbocycles. The average molecular weight is 205 g/mol. The van der Waals surface area contributed by atoms with Gasteiger partial charge in [0.15, 0.2) is 0 Å². The molecule has 1 heterocycles. The van der Waals surface area contributed by atoms with E-state index in [2.05, 4.69) is 17.4 Å². The third kappa shape index (κ3) is 2.80. The van der Waals surface area contributed by atoms with Crippen molar-refractivity contribution < 1.29 is 5.11 Å². The molecule has 82 valence electrons. The van der Waals surface area contributed by atoms with Crippen LogP contribution in [0.1, 0.15) is 30.4 Å². The van der Waals surface area contributed by atoms with E-state index >= 15 is 0 Å². The predicted molar refractivity (Wildman–Crippen MR) is 61.7 cm³/mol. The van der Waals surface area contributed by atoms with Gasteiger partial charge in [0.05, 0.1) is 6.61 Å². The van der Waals surface area contributed by atoms with Crippen LogP contribution in [0.2, 0.25) is 0 Å². The van der Waals surface area contributed by atoms with E-state index in [-0.39, 0.29) is 6.61 Å². The van der Waals surface area contributed by atoms with Crippen molar-refractivity contribution in [2.45, 2.75) is 38.3 Å². The lowest BCUT2D eigenvalue weighted by Gasteiger charge is -2.11. The average Bonchev–Trinajstić information content (AvgIpc) is 2.79. The molecular formula is C13H19NO. The van der Waals surface area contributed by atoms with Crippen LogP contribution in [-0.4, -0.2) is 17.7 Å². The molecule has 0 aliphatic carbocycles. The van der Waals surface area contributed by atoms with Crippen molar-refractivity contribution in [3.8, 4) is 0 Å². The maximum Gasteiger partial charge on any atom is 0.0684 e. The topological polar surface area (TPSA) is 32.3 Å². The largest absolute Gasteiger partial charge is 0.392 e. The van der Waals surface area contributed by atoms with Gasteiger partial charge in [-0.15, -0.1) is 0 Å². The van der Waals surface area contributed by atoms with Crippen LogP contribution in [0.4, 0.5) is 0 Å². The molecule has 1 unspecified atom stereocenters. The molecule has 2 heteroatoms. The number of benzene rings is 1. The Hall–Kier alpha value is -0.860. The fraction of sp³-hybridized carbons (Fsp3) is 0.538. The summed E-state index contributed by atoms with van der Waals surface area (Å²) in [6.45, 7) is 1.33. The Morgan fingerprint density at radius 2 is 2.07 bits per heavy atom. The molecule has 1 atom stereocenters. The van der Waals surface area contributed by atoms with Crippen LogP contribution < -0.4 is 5.32 Å². The summed E-state index contributed by atoms with van der Waals surface area (Å²) in [6, 6.07) is 8.87. The molecular weight excluding hydrogens is 186 g/mol. The van der Waals surface area contributed by atoms with Crippen LogP contribution in [0.5, 0.6) is 0 Å². The van der Waals surface area contributed by atoms with E-state index in [0.717, 1.165) is 12.0 Å². The minimum absolute atomic E-state index is 0.161. The molecule has 1 fully saturated rings. The summed E-state index contributed by atoms with van der Waals surface area (Å²) in [6.07, 6.45) is 4.89. The van der Waals surface area contributed by atoms with E-state index in [9.17, 15) is 5.11 Å². The van der Waals surface area contributed by atoms with Crippen LogP contribution >= 0.6 is 0 Å². The molecule has 2 N–H and O–H groups in total. The van der Waals surface area contributed by atoms with Crippen molar-refractivity contribution in [3.63, 3.8) is 0 Å². The minimum atomic E-state index is 0.161. The van der Waals surface area contributed by atoms with Gasteiger partial charge < -0.3 is 10.4 Å². The zero-order valence-electron chi connectivity index (χ0n) is 9.08. The third-order valence-corrected chi connectivity index (χ3v) is 3.21. The van der Waals surface area contributed by atoms with Gasteiger partial charge in [0, 0.05) is 6.04 Å². The van der Waals surface area contributed by atoms with Crippen LogP contribution in [0.25, 0.3) is 0 Å². The first-order valence-corrected chi connectivity index (χ1v) is 5.81. The van der Waals surface area contributed by atoms with Gasteiger partial charge in [-0.2, -0.15) is 0 Å². The third-order valence-electron chi connectivity index (χ3n) is 3.21. The molecule has 0 aromatic heterocycles. The van der Waals surface area contributed by atoms with E-state index in [4.69, 9.17) is 0 Å². The molecule has 1 aromatic rings. The van der Waals surface area contributed by atoms with Gasteiger partial charge in [0.25, 0.3) is 0 Å². The van der Waals surface area contributed by atoms with Crippen LogP contribution in [0.15, 0.2) is 24.3 Å². The summed E-state index contributed by atoms with van der Waals surface area (Å²) in [5, 5.41) is 12.7.